The van der Waals surface area contributed by atoms with Crippen molar-refractivity contribution >= 4 is 51.3 Å². The minimum Gasteiger partial charge on any atom is -0.507 e. The molecule has 33 heavy (non-hydrogen) atoms. The number of fused-ring (bicyclic) bond motifs is 1. The number of amides is 1. The van der Waals surface area contributed by atoms with Gasteiger partial charge in [-0.2, -0.15) is 0 Å². The Bertz CT molecular complexity index is 1400. The first-order valence-electron chi connectivity index (χ1n) is 10.6. The molecule has 2 aromatic carbocycles. The number of aromatic nitrogens is 1. The van der Waals surface area contributed by atoms with Crippen molar-refractivity contribution in [3.63, 3.8) is 0 Å². The lowest BCUT2D eigenvalue weighted by Gasteiger charge is -2.24. The number of para-hydroxylation sites is 1. The topological polar surface area (TPSA) is 62.5 Å². The Labute approximate surface area is 200 Å². The van der Waals surface area contributed by atoms with E-state index in [-0.39, 0.29) is 11.3 Å². The Hall–Kier alpha value is -3.35. The van der Waals surface area contributed by atoms with E-state index in [0.717, 1.165) is 21.3 Å². The monoisotopic (exact) mass is 476 g/mol. The maximum absolute atomic E-state index is 13.1. The molecule has 4 aromatic rings. The molecule has 1 unspecified atom stereocenters. The van der Waals surface area contributed by atoms with Gasteiger partial charge >= 0.3 is 0 Å². The summed E-state index contributed by atoms with van der Waals surface area (Å²) < 4.78 is 2.06. The van der Waals surface area contributed by atoms with Gasteiger partial charge < -0.3 is 14.6 Å². The lowest BCUT2D eigenvalue weighted by molar-refractivity contribution is -0.139. The average molecular weight is 477 g/mol. The van der Waals surface area contributed by atoms with Gasteiger partial charge in [0.15, 0.2) is 0 Å². The van der Waals surface area contributed by atoms with Crippen molar-refractivity contribution < 1.29 is 14.7 Å². The van der Waals surface area contributed by atoms with Crippen LogP contribution < -0.4 is 0 Å². The second kappa shape index (κ2) is 8.54. The van der Waals surface area contributed by atoms with Crippen molar-refractivity contribution in [1.82, 2.24) is 9.47 Å². The summed E-state index contributed by atoms with van der Waals surface area (Å²) in [6.45, 7) is 0.355. The maximum Gasteiger partial charge on any atom is 0.295 e. The Kier molecular flexibility index (Phi) is 5.56. The zero-order chi connectivity index (χ0) is 23.1. The van der Waals surface area contributed by atoms with Gasteiger partial charge in [0, 0.05) is 46.2 Å². The number of carbonyl (C=O) groups excluding carboxylic acids is 2. The van der Waals surface area contributed by atoms with Crippen LogP contribution in [0.25, 0.3) is 16.7 Å². The van der Waals surface area contributed by atoms with Crippen molar-refractivity contribution in [3.05, 3.63) is 98.8 Å². The van der Waals surface area contributed by atoms with Gasteiger partial charge in [-0.3, -0.25) is 9.59 Å². The van der Waals surface area contributed by atoms with Gasteiger partial charge in [-0.15, -0.1) is 11.3 Å². The molecule has 0 saturated carbocycles. The molecule has 0 spiro atoms. The molecule has 2 aromatic heterocycles. The summed E-state index contributed by atoms with van der Waals surface area (Å²) >= 11 is 7.55. The summed E-state index contributed by atoms with van der Waals surface area (Å²) in [6.07, 6.45) is 2.65. The molecular weight excluding hydrogens is 456 g/mol. The van der Waals surface area contributed by atoms with Crippen LogP contribution in [0.15, 0.2) is 77.8 Å². The fraction of sp³-hybridized carbons (Fsp3) is 0.154. The van der Waals surface area contributed by atoms with Crippen molar-refractivity contribution in [1.29, 1.82) is 0 Å². The van der Waals surface area contributed by atoms with E-state index >= 15 is 0 Å². The number of aliphatic hydroxyl groups excluding tert-OH is 1. The number of carbonyl (C=O) groups is 2. The number of nitrogens with zero attached hydrogens (tertiary/aromatic N) is 2. The summed E-state index contributed by atoms with van der Waals surface area (Å²) in [6, 6.07) is 17.9. The predicted octanol–water partition coefficient (Wildman–Crippen LogP) is 5.56. The maximum atomic E-state index is 13.1. The minimum absolute atomic E-state index is 0.0997. The smallest absolute Gasteiger partial charge is 0.295 e. The minimum atomic E-state index is -0.677. The molecule has 5 rings (SSSR count). The van der Waals surface area contributed by atoms with Crippen molar-refractivity contribution in [2.45, 2.75) is 12.5 Å². The SMILES string of the molecule is Cn1cc(CCN2C(=O)C(=O)/C(=C(\O)c3cccc(Cl)c3)C2c2cccs2)c2ccccc21. The zero-order valence-electron chi connectivity index (χ0n) is 17.9. The molecule has 7 heteroatoms. The molecule has 1 N–H and O–H groups in total. The number of hydrogen-bond acceptors (Lipinski definition) is 4. The second-order valence-corrected chi connectivity index (χ2v) is 9.47. The van der Waals surface area contributed by atoms with Gasteiger partial charge in [0.05, 0.1) is 11.6 Å². The highest BCUT2D eigenvalue weighted by Crippen LogP contribution is 2.41. The molecule has 3 heterocycles. The number of aryl methyl sites for hydroxylation is 1. The quantitative estimate of drug-likeness (QED) is 0.233. The average Bonchev–Trinajstić information content (AvgIpc) is 3.51. The van der Waals surface area contributed by atoms with Crippen LogP contribution in [0.4, 0.5) is 0 Å². The lowest BCUT2D eigenvalue weighted by atomic mass is 10.00. The normalized spacial score (nSPS) is 17.9. The molecular formula is C26H21ClN2O3S. The molecule has 166 valence electrons. The third-order valence-electron chi connectivity index (χ3n) is 6.05. The lowest BCUT2D eigenvalue weighted by Crippen LogP contribution is -2.31. The Morgan fingerprint density at radius 3 is 2.67 bits per heavy atom. The van der Waals surface area contributed by atoms with E-state index in [0.29, 0.717) is 23.6 Å². The largest absolute Gasteiger partial charge is 0.507 e. The number of Topliss-reactive ketones (excluding diaryl/α,β-unsaturated/α-hetero) is 1. The number of likely N-dealkylation sites (tertiary alicyclic amines) is 1. The van der Waals surface area contributed by atoms with E-state index in [1.54, 1.807) is 29.2 Å². The first kappa shape index (κ1) is 21.5. The van der Waals surface area contributed by atoms with Crippen LogP contribution in [-0.2, 0) is 23.1 Å². The van der Waals surface area contributed by atoms with Crippen LogP contribution in [0, 0.1) is 0 Å². The number of halogens is 1. The highest BCUT2D eigenvalue weighted by atomic mass is 35.5. The van der Waals surface area contributed by atoms with E-state index in [1.807, 2.05) is 36.7 Å². The molecule has 1 aliphatic rings. The van der Waals surface area contributed by atoms with E-state index < -0.39 is 17.7 Å². The van der Waals surface area contributed by atoms with Gasteiger partial charge in [0.1, 0.15) is 5.76 Å². The van der Waals surface area contributed by atoms with Gasteiger partial charge in [-0.1, -0.05) is 48.0 Å². The highest BCUT2D eigenvalue weighted by Gasteiger charge is 2.46. The third-order valence-corrected chi connectivity index (χ3v) is 7.21. The predicted molar refractivity (Wildman–Crippen MR) is 131 cm³/mol. The molecule has 0 radical (unpaired) electrons. The van der Waals surface area contributed by atoms with Gasteiger partial charge in [-0.25, -0.2) is 0 Å². The number of benzene rings is 2. The summed E-state index contributed by atoms with van der Waals surface area (Å²) in [5.74, 6) is -1.48. The van der Waals surface area contributed by atoms with E-state index in [2.05, 4.69) is 22.9 Å². The van der Waals surface area contributed by atoms with Crippen molar-refractivity contribution in [2.24, 2.45) is 7.05 Å². The van der Waals surface area contributed by atoms with Gasteiger partial charge in [0.2, 0.25) is 0 Å². The third kappa shape index (κ3) is 3.75. The molecule has 1 amide bonds. The molecule has 5 nitrogen and oxygen atoms in total. The van der Waals surface area contributed by atoms with E-state index in [4.69, 9.17) is 11.6 Å². The van der Waals surface area contributed by atoms with Crippen LogP contribution in [0.1, 0.15) is 22.0 Å². The molecule has 1 fully saturated rings. The Morgan fingerprint density at radius 1 is 1.09 bits per heavy atom. The summed E-state index contributed by atoms with van der Waals surface area (Å²) in [5.41, 5.74) is 2.74. The fourth-order valence-corrected chi connectivity index (χ4v) is 5.55. The standard InChI is InChI=1S/C26H21ClN2O3S/c1-28-15-17(19-8-2-3-9-20(19)28)11-12-29-23(21-10-5-13-33-21)22(25(31)26(29)32)24(30)16-6-4-7-18(27)14-16/h2-10,13-15,23,30H,11-12H2,1H3/b24-22-. The summed E-state index contributed by atoms with van der Waals surface area (Å²) in [7, 11) is 1.99. The Morgan fingerprint density at radius 2 is 1.91 bits per heavy atom. The van der Waals surface area contributed by atoms with E-state index in [9.17, 15) is 14.7 Å². The number of ketones is 1. The molecule has 1 atom stereocenters. The highest BCUT2D eigenvalue weighted by molar-refractivity contribution is 7.10. The van der Waals surface area contributed by atoms with Crippen molar-refractivity contribution in [2.75, 3.05) is 6.54 Å². The number of aliphatic hydroxyl groups is 1. The molecule has 0 bridgehead atoms. The number of hydrogen-bond donors (Lipinski definition) is 1. The van der Waals surface area contributed by atoms with Crippen LogP contribution in [0.5, 0.6) is 0 Å². The van der Waals surface area contributed by atoms with Crippen molar-refractivity contribution in [3.8, 4) is 0 Å². The molecule has 1 saturated heterocycles. The van der Waals surface area contributed by atoms with Crippen LogP contribution >= 0.6 is 22.9 Å². The first-order valence-corrected chi connectivity index (χ1v) is 11.8. The zero-order valence-corrected chi connectivity index (χ0v) is 19.4. The van der Waals surface area contributed by atoms with Crippen LogP contribution in [-0.4, -0.2) is 32.8 Å². The van der Waals surface area contributed by atoms with Gasteiger partial charge in [0.25, 0.3) is 11.7 Å². The van der Waals surface area contributed by atoms with E-state index in [1.165, 1.54) is 11.3 Å². The molecule has 0 aliphatic carbocycles. The first-order chi connectivity index (χ1) is 16.0. The number of thiophene rings is 1. The Balaban J connectivity index is 1.55. The van der Waals surface area contributed by atoms with Crippen LogP contribution in [0.3, 0.4) is 0 Å². The fourth-order valence-electron chi connectivity index (χ4n) is 4.51. The van der Waals surface area contributed by atoms with Gasteiger partial charge in [-0.05, 0) is 41.6 Å². The van der Waals surface area contributed by atoms with Crippen LogP contribution in [0.2, 0.25) is 5.02 Å². The second-order valence-electron chi connectivity index (χ2n) is 8.05. The summed E-state index contributed by atoms with van der Waals surface area (Å²) in [5, 5.41) is 14.5. The number of rotatable bonds is 5. The molecule has 1 aliphatic heterocycles. The summed E-state index contributed by atoms with van der Waals surface area (Å²) in [4.78, 5) is 28.6.